The summed E-state index contributed by atoms with van der Waals surface area (Å²) in [6.07, 6.45) is 7.16. The second-order valence-corrected chi connectivity index (χ2v) is 9.47. The van der Waals surface area contributed by atoms with Crippen LogP contribution < -0.4 is 16.0 Å². The van der Waals surface area contributed by atoms with Crippen LogP contribution in [-0.4, -0.2) is 38.5 Å². The van der Waals surface area contributed by atoms with Gasteiger partial charge in [-0.05, 0) is 50.7 Å². The molecule has 9 heteroatoms. The number of amides is 1. The van der Waals surface area contributed by atoms with Crippen molar-refractivity contribution < 1.29 is 9.18 Å². The smallest absolute Gasteiger partial charge is 0.229 e. The number of carbonyl (C=O) groups is 1. The van der Waals surface area contributed by atoms with Gasteiger partial charge in [0, 0.05) is 32.6 Å². The molecule has 3 N–H and O–H groups in total. The van der Waals surface area contributed by atoms with E-state index in [0.29, 0.717) is 35.8 Å². The summed E-state index contributed by atoms with van der Waals surface area (Å²) in [7, 11) is 0. The van der Waals surface area contributed by atoms with E-state index in [-0.39, 0.29) is 5.91 Å². The summed E-state index contributed by atoms with van der Waals surface area (Å²) in [4.78, 5) is 28.0. The number of nitrogens with zero attached hydrogens (tertiary/aromatic N) is 5. The lowest BCUT2D eigenvalue weighted by atomic mass is 9.98. The van der Waals surface area contributed by atoms with Crippen LogP contribution in [0.3, 0.4) is 0 Å². The lowest BCUT2D eigenvalue weighted by Crippen LogP contribution is -2.22. The molecule has 1 saturated heterocycles. The quantitative estimate of drug-likeness (QED) is 0.436. The third-order valence-corrected chi connectivity index (χ3v) is 6.27. The van der Waals surface area contributed by atoms with Gasteiger partial charge in [0.05, 0.1) is 6.33 Å². The second-order valence-electron chi connectivity index (χ2n) is 9.47. The van der Waals surface area contributed by atoms with E-state index < -0.39 is 5.67 Å². The maximum Gasteiger partial charge on any atom is 0.229 e. The molecule has 34 heavy (non-hydrogen) atoms. The fourth-order valence-corrected chi connectivity index (χ4v) is 4.26. The van der Waals surface area contributed by atoms with Gasteiger partial charge in [-0.2, -0.15) is 9.97 Å². The Morgan fingerprint density at radius 2 is 1.97 bits per heavy atom. The molecule has 4 rings (SSSR count). The highest BCUT2D eigenvalue weighted by atomic mass is 19.1. The van der Waals surface area contributed by atoms with Crippen LogP contribution in [0.25, 0.3) is 11.2 Å². The van der Waals surface area contributed by atoms with E-state index in [1.807, 2.05) is 16.7 Å². The Morgan fingerprint density at radius 3 is 2.74 bits per heavy atom. The predicted molar refractivity (Wildman–Crippen MR) is 132 cm³/mol. The zero-order chi connectivity index (χ0) is 24.1. The standard InChI is InChI=1S/C25H34FN7O/c1-25(2,26)19-10-8-9-18(15-19)16-28-20(34)11-4-3-5-14-33-17-29-21-22(27)30-24(31-23(21)33)32-12-6-7-13-32/h8-10,15,17H,3-7,11-14,16H2,1-2H3,(H,28,34)(H2,27,30,31). The molecular formula is C25H34FN7O. The molecule has 0 radical (unpaired) electrons. The van der Waals surface area contributed by atoms with Crippen LogP contribution in [0.15, 0.2) is 30.6 Å². The van der Waals surface area contributed by atoms with Crippen molar-refractivity contribution in [1.29, 1.82) is 0 Å². The van der Waals surface area contributed by atoms with Crippen molar-refractivity contribution in [1.82, 2.24) is 24.8 Å². The highest BCUT2D eigenvalue weighted by molar-refractivity contribution is 5.83. The topological polar surface area (TPSA) is 102 Å². The first-order valence-corrected chi connectivity index (χ1v) is 12.1. The van der Waals surface area contributed by atoms with Crippen molar-refractivity contribution in [2.75, 3.05) is 23.7 Å². The van der Waals surface area contributed by atoms with Crippen molar-refractivity contribution in [3.05, 3.63) is 41.7 Å². The third kappa shape index (κ3) is 5.81. The Kier molecular flexibility index (Phi) is 7.29. The number of benzene rings is 1. The minimum absolute atomic E-state index is 0.00811. The molecule has 0 spiro atoms. The fraction of sp³-hybridized carbons (Fsp3) is 0.520. The van der Waals surface area contributed by atoms with Gasteiger partial charge in [0.2, 0.25) is 11.9 Å². The van der Waals surface area contributed by atoms with Crippen LogP contribution in [0.5, 0.6) is 0 Å². The highest BCUT2D eigenvalue weighted by Crippen LogP contribution is 2.25. The SMILES string of the molecule is CC(C)(F)c1cccc(CNC(=O)CCCCCn2cnc3c(N)nc(N4CCCC4)nc32)c1. The second kappa shape index (κ2) is 10.4. The van der Waals surface area contributed by atoms with Crippen molar-refractivity contribution in [3.8, 4) is 0 Å². The maximum atomic E-state index is 14.1. The molecule has 0 unspecified atom stereocenters. The molecule has 1 aliphatic rings. The van der Waals surface area contributed by atoms with Crippen LogP contribution >= 0.6 is 0 Å². The number of hydrogen-bond acceptors (Lipinski definition) is 6. The molecule has 0 atom stereocenters. The van der Waals surface area contributed by atoms with Gasteiger partial charge < -0.3 is 20.5 Å². The summed E-state index contributed by atoms with van der Waals surface area (Å²) in [5.41, 5.74) is 7.66. The number of aryl methyl sites for hydroxylation is 1. The summed E-state index contributed by atoms with van der Waals surface area (Å²) in [5.74, 6) is 1.11. The molecule has 1 aromatic carbocycles. The number of nitrogen functional groups attached to an aromatic ring is 1. The molecule has 2 aromatic heterocycles. The molecule has 1 fully saturated rings. The molecule has 8 nitrogen and oxygen atoms in total. The number of alkyl halides is 1. The largest absolute Gasteiger partial charge is 0.382 e. The van der Waals surface area contributed by atoms with E-state index in [9.17, 15) is 9.18 Å². The van der Waals surface area contributed by atoms with E-state index >= 15 is 0 Å². The number of anilines is 2. The molecular weight excluding hydrogens is 433 g/mol. The van der Waals surface area contributed by atoms with Gasteiger partial charge in [0.1, 0.15) is 11.2 Å². The van der Waals surface area contributed by atoms with Gasteiger partial charge >= 0.3 is 0 Å². The first kappa shape index (κ1) is 23.9. The molecule has 0 bridgehead atoms. The van der Waals surface area contributed by atoms with Crippen molar-refractivity contribution in [2.45, 2.75) is 71.1 Å². The normalized spacial score (nSPS) is 14.1. The summed E-state index contributed by atoms with van der Waals surface area (Å²) in [6.45, 7) is 6.15. The molecule has 182 valence electrons. The average Bonchev–Trinajstić information content (AvgIpc) is 3.48. The fourth-order valence-electron chi connectivity index (χ4n) is 4.26. The monoisotopic (exact) mass is 467 g/mol. The van der Waals surface area contributed by atoms with Crippen LogP contribution in [0.1, 0.15) is 63.5 Å². The summed E-state index contributed by atoms with van der Waals surface area (Å²) in [6, 6.07) is 7.30. The number of halogens is 1. The number of nitrogens with two attached hydrogens (primary N) is 1. The molecule has 3 aromatic rings. The lowest BCUT2D eigenvalue weighted by molar-refractivity contribution is -0.121. The Bertz CT molecular complexity index is 1130. The number of aromatic nitrogens is 4. The number of hydrogen-bond donors (Lipinski definition) is 2. The number of rotatable bonds is 10. The molecule has 1 aliphatic heterocycles. The first-order chi connectivity index (χ1) is 16.3. The van der Waals surface area contributed by atoms with Crippen molar-refractivity contribution in [3.63, 3.8) is 0 Å². The number of carbonyl (C=O) groups excluding carboxylic acids is 1. The Balaban J connectivity index is 1.22. The van der Waals surface area contributed by atoms with E-state index in [4.69, 9.17) is 10.7 Å². The first-order valence-electron chi connectivity index (χ1n) is 12.1. The van der Waals surface area contributed by atoms with Gasteiger partial charge in [-0.25, -0.2) is 9.37 Å². The van der Waals surface area contributed by atoms with Crippen LogP contribution in [0, 0.1) is 0 Å². The molecule has 0 saturated carbocycles. The Morgan fingerprint density at radius 1 is 1.18 bits per heavy atom. The lowest BCUT2D eigenvalue weighted by Gasteiger charge is -2.16. The van der Waals surface area contributed by atoms with E-state index in [0.717, 1.165) is 62.9 Å². The minimum atomic E-state index is -1.39. The van der Waals surface area contributed by atoms with Gasteiger partial charge in [0.25, 0.3) is 0 Å². The Hall–Kier alpha value is -3.23. The van der Waals surface area contributed by atoms with Crippen molar-refractivity contribution >= 4 is 28.8 Å². The number of imidazole rings is 1. The highest BCUT2D eigenvalue weighted by Gasteiger charge is 2.19. The zero-order valence-corrected chi connectivity index (χ0v) is 20.1. The summed E-state index contributed by atoms with van der Waals surface area (Å²) >= 11 is 0. The van der Waals surface area contributed by atoms with E-state index in [1.165, 1.54) is 13.8 Å². The third-order valence-electron chi connectivity index (χ3n) is 6.27. The van der Waals surface area contributed by atoms with Gasteiger partial charge in [-0.15, -0.1) is 0 Å². The number of fused-ring (bicyclic) bond motifs is 1. The number of unbranched alkanes of at least 4 members (excludes halogenated alkanes) is 2. The van der Waals surface area contributed by atoms with Crippen LogP contribution in [0.2, 0.25) is 0 Å². The van der Waals surface area contributed by atoms with E-state index in [2.05, 4.69) is 20.2 Å². The predicted octanol–water partition coefficient (Wildman–Crippen LogP) is 4.09. The van der Waals surface area contributed by atoms with Crippen LogP contribution in [-0.2, 0) is 23.6 Å². The average molecular weight is 468 g/mol. The summed E-state index contributed by atoms with van der Waals surface area (Å²) < 4.78 is 16.1. The molecule has 3 heterocycles. The number of nitrogens with one attached hydrogen (secondary N) is 1. The zero-order valence-electron chi connectivity index (χ0n) is 20.1. The maximum absolute atomic E-state index is 14.1. The van der Waals surface area contributed by atoms with Gasteiger partial charge in [-0.1, -0.05) is 30.7 Å². The molecule has 1 amide bonds. The van der Waals surface area contributed by atoms with Crippen molar-refractivity contribution in [2.24, 2.45) is 0 Å². The molecule has 0 aliphatic carbocycles. The minimum Gasteiger partial charge on any atom is -0.382 e. The van der Waals surface area contributed by atoms with E-state index in [1.54, 1.807) is 18.5 Å². The Labute approximate surface area is 199 Å². The summed E-state index contributed by atoms with van der Waals surface area (Å²) in [5, 5.41) is 2.93. The van der Waals surface area contributed by atoms with Gasteiger partial charge in [0.15, 0.2) is 11.5 Å². The van der Waals surface area contributed by atoms with Gasteiger partial charge in [-0.3, -0.25) is 4.79 Å². The van der Waals surface area contributed by atoms with Crippen LogP contribution in [0.4, 0.5) is 16.2 Å².